The molecule has 0 unspecified atom stereocenters. The number of hydrogen-bond donors (Lipinski definition) is 0. The molecule has 0 aromatic rings. The number of amides is 1. The van der Waals surface area contributed by atoms with Crippen LogP contribution in [-0.2, 0) is 14.3 Å². The van der Waals surface area contributed by atoms with E-state index in [0.717, 1.165) is 12.8 Å². The first-order valence-corrected chi connectivity index (χ1v) is 8.22. The molecular weight excluding hydrogens is 266 g/mol. The maximum Gasteiger partial charge on any atom is 0.325 e. The number of ether oxygens (including phenoxy) is 1. The van der Waals surface area contributed by atoms with E-state index in [4.69, 9.17) is 4.74 Å². The molecule has 0 spiro atoms. The molecule has 1 amide bonds. The molecule has 0 aliphatic heterocycles. The Morgan fingerprint density at radius 2 is 1.57 bits per heavy atom. The first-order chi connectivity index (χ1) is 10.2. The van der Waals surface area contributed by atoms with Crippen LogP contribution in [0.4, 0.5) is 0 Å². The molecule has 0 saturated heterocycles. The van der Waals surface area contributed by atoms with Crippen LogP contribution in [0.3, 0.4) is 0 Å². The van der Waals surface area contributed by atoms with E-state index in [9.17, 15) is 9.59 Å². The lowest BCUT2D eigenvalue weighted by Crippen LogP contribution is -2.35. The highest BCUT2D eigenvalue weighted by Crippen LogP contribution is 2.08. The second-order valence-corrected chi connectivity index (χ2v) is 5.25. The maximum atomic E-state index is 11.6. The van der Waals surface area contributed by atoms with Gasteiger partial charge in [0.2, 0.25) is 5.91 Å². The molecule has 0 aromatic heterocycles. The SMILES string of the molecule is C=CC(=O)N(CC)CC(=O)OCCCCCCCCCC. The molecule has 0 heterocycles. The van der Waals surface area contributed by atoms with Gasteiger partial charge in [0.05, 0.1) is 6.61 Å². The summed E-state index contributed by atoms with van der Waals surface area (Å²) in [6.45, 7) is 8.41. The monoisotopic (exact) mass is 297 g/mol. The Labute approximate surface area is 129 Å². The lowest BCUT2D eigenvalue weighted by Gasteiger charge is -2.17. The van der Waals surface area contributed by atoms with E-state index in [2.05, 4.69) is 13.5 Å². The normalized spacial score (nSPS) is 10.2. The average Bonchev–Trinajstić information content (AvgIpc) is 2.50. The molecule has 4 nitrogen and oxygen atoms in total. The van der Waals surface area contributed by atoms with Crippen LogP contribution in [0.2, 0.25) is 0 Å². The van der Waals surface area contributed by atoms with Gasteiger partial charge in [-0.2, -0.15) is 0 Å². The van der Waals surface area contributed by atoms with Gasteiger partial charge < -0.3 is 9.64 Å². The summed E-state index contributed by atoms with van der Waals surface area (Å²) in [6, 6.07) is 0. The molecule has 0 aliphatic carbocycles. The van der Waals surface area contributed by atoms with Gasteiger partial charge in [0, 0.05) is 6.54 Å². The molecule has 0 rings (SSSR count). The predicted octanol–water partition coefficient (Wildman–Crippen LogP) is 3.70. The van der Waals surface area contributed by atoms with E-state index in [0.29, 0.717) is 13.2 Å². The summed E-state index contributed by atoms with van der Waals surface area (Å²) in [5.41, 5.74) is 0. The van der Waals surface area contributed by atoms with Crippen molar-refractivity contribution >= 4 is 11.9 Å². The van der Waals surface area contributed by atoms with Crippen LogP contribution in [0.1, 0.15) is 65.2 Å². The van der Waals surface area contributed by atoms with E-state index in [-0.39, 0.29) is 18.4 Å². The fourth-order valence-corrected chi connectivity index (χ4v) is 2.10. The Morgan fingerprint density at radius 1 is 1.00 bits per heavy atom. The van der Waals surface area contributed by atoms with E-state index in [1.807, 2.05) is 6.92 Å². The minimum Gasteiger partial charge on any atom is -0.464 e. The first kappa shape index (κ1) is 19.7. The summed E-state index contributed by atoms with van der Waals surface area (Å²) >= 11 is 0. The maximum absolute atomic E-state index is 11.6. The quantitative estimate of drug-likeness (QED) is 0.296. The molecule has 0 fully saturated rings. The van der Waals surface area contributed by atoms with Crippen molar-refractivity contribution in [3.63, 3.8) is 0 Å². The standard InChI is InChI=1S/C17H31NO3/c1-4-7-8-9-10-11-12-13-14-21-17(20)15-18(6-3)16(19)5-2/h5H,2,4,6-15H2,1,3H3. The van der Waals surface area contributed by atoms with Gasteiger partial charge >= 0.3 is 5.97 Å². The number of carbonyl (C=O) groups excluding carboxylic acids is 2. The minimum absolute atomic E-state index is 0.0123. The summed E-state index contributed by atoms with van der Waals surface area (Å²) < 4.78 is 5.15. The van der Waals surface area contributed by atoms with Crippen LogP contribution < -0.4 is 0 Å². The molecule has 0 bridgehead atoms. The second-order valence-electron chi connectivity index (χ2n) is 5.25. The zero-order valence-corrected chi connectivity index (χ0v) is 13.7. The lowest BCUT2D eigenvalue weighted by molar-refractivity contribution is -0.148. The highest BCUT2D eigenvalue weighted by Gasteiger charge is 2.13. The number of hydrogen-bond acceptors (Lipinski definition) is 3. The van der Waals surface area contributed by atoms with Crippen LogP contribution in [0.15, 0.2) is 12.7 Å². The van der Waals surface area contributed by atoms with E-state index < -0.39 is 0 Å². The third kappa shape index (κ3) is 11.1. The number of likely N-dealkylation sites (N-methyl/N-ethyl adjacent to an activating group) is 1. The predicted molar refractivity (Wildman–Crippen MR) is 86.0 cm³/mol. The molecule has 0 radical (unpaired) electrons. The molecule has 0 saturated carbocycles. The van der Waals surface area contributed by atoms with Crippen molar-refractivity contribution in [2.24, 2.45) is 0 Å². The van der Waals surface area contributed by atoms with Crippen LogP contribution >= 0.6 is 0 Å². The summed E-state index contributed by atoms with van der Waals surface area (Å²) in [5, 5.41) is 0. The lowest BCUT2D eigenvalue weighted by atomic mass is 10.1. The Balaban J connectivity index is 3.53. The molecule has 0 aliphatic rings. The zero-order chi connectivity index (χ0) is 15.9. The molecular formula is C17H31NO3. The van der Waals surface area contributed by atoms with Crippen molar-refractivity contribution in [2.45, 2.75) is 65.2 Å². The number of rotatable bonds is 13. The van der Waals surface area contributed by atoms with Crippen molar-refractivity contribution in [1.29, 1.82) is 0 Å². The van der Waals surface area contributed by atoms with E-state index in [1.54, 1.807) is 0 Å². The number of carbonyl (C=O) groups is 2. The molecule has 122 valence electrons. The third-order valence-corrected chi connectivity index (χ3v) is 3.45. The highest BCUT2D eigenvalue weighted by molar-refractivity contribution is 5.89. The van der Waals surface area contributed by atoms with Crippen molar-refractivity contribution in [3.05, 3.63) is 12.7 Å². The van der Waals surface area contributed by atoms with Gasteiger partial charge in [0.1, 0.15) is 6.54 Å². The largest absolute Gasteiger partial charge is 0.464 e. The third-order valence-electron chi connectivity index (χ3n) is 3.45. The molecule has 21 heavy (non-hydrogen) atoms. The highest BCUT2D eigenvalue weighted by atomic mass is 16.5. The van der Waals surface area contributed by atoms with Gasteiger partial charge in [-0.15, -0.1) is 0 Å². The van der Waals surface area contributed by atoms with Gasteiger partial charge in [0.25, 0.3) is 0 Å². The summed E-state index contributed by atoms with van der Waals surface area (Å²) in [5.74, 6) is -0.573. The summed E-state index contributed by atoms with van der Waals surface area (Å²) in [6.07, 6.45) is 10.9. The zero-order valence-electron chi connectivity index (χ0n) is 13.7. The van der Waals surface area contributed by atoms with Crippen molar-refractivity contribution in [2.75, 3.05) is 19.7 Å². The van der Waals surface area contributed by atoms with Crippen LogP contribution in [0.5, 0.6) is 0 Å². The minimum atomic E-state index is -0.338. The molecule has 0 atom stereocenters. The Hall–Kier alpha value is -1.32. The fourth-order valence-electron chi connectivity index (χ4n) is 2.10. The summed E-state index contributed by atoms with van der Waals surface area (Å²) in [4.78, 5) is 24.4. The Kier molecular flexibility index (Phi) is 12.8. The van der Waals surface area contributed by atoms with Crippen molar-refractivity contribution < 1.29 is 14.3 Å². The van der Waals surface area contributed by atoms with Crippen molar-refractivity contribution in [3.8, 4) is 0 Å². The Bertz CT molecular complexity index is 302. The molecule has 0 N–H and O–H groups in total. The van der Waals surface area contributed by atoms with E-state index >= 15 is 0 Å². The van der Waals surface area contributed by atoms with Crippen LogP contribution in [-0.4, -0.2) is 36.5 Å². The smallest absolute Gasteiger partial charge is 0.325 e. The molecule has 4 heteroatoms. The molecule has 0 aromatic carbocycles. The van der Waals surface area contributed by atoms with Gasteiger partial charge in [0.15, 0.2) is 0 Å². The number of esters is 1. The van der Waals surface area contributed by atoms with Gasteiger partial charge in [-0.3, -0.25) is 9.59 Å². The Morgan fingerprint density at radius 3 is 2.10 bits per heavy atom. The average molecular weight is 297 g/mol. The fraction of sp³-hybridized carbons (Fsp3) is 0.765. The van der Waals surface area contributed by atoms with Crippen molar-refractivity contribution in [1.82, 2.24) is 4.90 Å². The number of nitrogens with zero attached hydrogens (tertiary/aromatic N) is 1. The summed E-state index contributed by atoms with van der Waals surface area (Å²) in [7, 11) is 0. The van der Waals surface area contributed by atoms with Gasteiger partial charge in [-0.25, -0.2) is 0 Å². The second kappa shape index (κ2) is 13.7. The van der Waals surface area contributed by atoms with Gasteiger partial charge in [-0.05, 0) is 19.4 Å². The number of unbranched alkanes of at least 4 members (excludes halogenated alkanes) is 7. The van der Waals surface area contributed by atoms with E-state index in [1.165, 1.54) is 49.5 Å². The topological polar surface area (TPSA) is 46.6 Å². The van der Waals surface area contributed by atoms with Crippen LogP contribution in [0, 0.1) is 0 Å². The van der Waals surface area contributed by atoms with Gasteiger partial charge in [-0.1, -0.05) is 58.4 Å². The first-order valence-electron chi connectivity index (χ1n) is 8.22. The van der Waals surface area contributed by atoms with Crippen LogP contribution in [0.25, 0.3) is 0 Å².